The molecule has 1 fully saturated rings. The molecule has 0 bridgehead atoms. The summed E-state index contributed by atoms with van der Waals surface area (Å²) in [7, 11) is 0. The lowest BCUT2D eigenvalue weighted by molar-refractivity contribution is -0.143. The van der Waals surface area contributed by atoms with Gasteiger partial charge in [-0.2, -0.15) is 0 Å². The first kappa shape index (κ1) is 17.5. The molecule has 3 N–H and O–H groups in total. The fourth-order valence-electron chi connectivity index (χ4n) is 3.81. The van der Waals surface area contributed by atoms with Gasteiger partial charge >= 0.3 is 5.97 Å². The highest BCUT2D eigenvalue weighted by Gasteiger charge is 2.29. The van der Waals surface area contributed by atoms with Crippen molar-refractivity contribution in [1.82, 2.24) is 19.9 Å². The Morgan fingerprint density at radius 2 is 2.15 bits per heavy atom. The van der Waals surface area contributed by atoms with Gasteiger partial charge in [0, 0.05) is 30.4 Å². The topological polar surface area (TPSA) is 95.1 Å². The number of hydrogen-bond donors (Lipinski definition) is 2. The summed E-state index contributed by atoms with van der Waals surface area (Å²) >= 11 is 0. The molecule has 7 heteroatoms. The summed E-state index contributed by atoms with van der Waals surface area (Å²) in [6.45, 7) is 3.00. The summed E-state index contributed by atoms with van der Waals surface area (Å²) in [6, 6.07) is 10.4. The Morgan fingerprint density at radius 3 is 2.93 bits per heavy atom. The lowest BCUT2D eigenvalue weighted by Gasteiger charge is -2.13. The third-order valence-corrected chi connectivity index (χ3v) is 5.03. The summed E-state index contributed by atoms with van der Waals surface area (Å²) < 4.78 is 7.23. The van der Waals surface area contributed by atoms with Gasteiger partial charge in [0.2, 0.25) is 0 Å². The fourth-order valence-corrected chi connectivity index (χ4v) is 3.81. The first-order valence-corrected chi connectivity index (χ1v) is 9.22. The number of esters is 1. The SMILES string of the molecule is CCOC(=O)C[C@H]1C[C@H](n2cc(-c3ccccc3)c3c(N)ncnc32)CN1. The predicted molar refractivity (Wildman–Crippen MR) is 104 cm³/mol. The van der Waals surface area contributed by atoms with Crippen molar-refractivity contribution in [2.24, 2.45) is 0 Å². The first-order chi connectivity index (χ1) is 13.2. The molecule has 0 spiro atoms. The van der Waals surface area contributed by atoms with Gasteiger partial charge < -0.3 is 20.4 Å². The van der Waals surface area contributed by atoms with Crippen molar-refractivity contribution in [1.29, 1.82) is 0 Å². The molecule has 0 saturated carbocycles. The van der Waals surface area contributed by atoms with Gasteiger partial charge in [0.15, 0.2) is 0 Å². The number of nitrogens with one attached hydrogen (secondary N) is 1. The molecule has 2 atom stereocenters. The van der Waals surface area contributed by atoms with Crippen LogP contribution in [0.2, 0.25) is 0 Å². The Labute approximate surface area is 157 Å². The number of ether oxygens (including phenoxy) is 1. The van der Waals surface area contributed by atoms with Gasteiger partial charge in [0.05, 0.1) is 18.4 Å². The number of aromatic nitrogens is 3. The smallest absolute Gasteiger partial charge is 0.307 e. The summed E-state index contributed by atoms with van der Waals surface area (Å²) in [4.78, 5) is 20.5. The molecule has 4 rings (SSSR count). The van der Waals surface area contributed by atoms with Gasteiger partial charge in [-0.25, -0.2) is 9.97 Å². The van der Waals surface area contributed by atoms with E-state index in [-0.39, 0.29) is 18.1 Å². The van der Waals surface area contributed by atoms with Gasteiger partial charge in [-0.3, -0.25) is 4.79 Å². The third kappa shape index (κ3) is 3.38. The van der Waals surface area contributed by atoms with Gasteiger partial charge in [0.1, 0.15) is 17.8 Å². The molecule has 7 nitrogen and oxygen atoms in total. The number of rotatable bonds is 5. The molecule has 140 valence electrons. The second kappa shape index (κ2) is 7.36. The van der Waals surface area contributed by atoms with E-state index in [0.29, 0.717) is 18.8 Å². The van der Waals surface area contributed by atoms with E-state index in [9.17, 15) is 4.79 Å². The summed E-state index contributed by atoms with van der Waals surface area (Å²) in [6.07, 6.45) is 4.82. The van der Waals surface area contributed by atoms with Crippen LogP contribution in [-0.4, -0.2) is 39.7 Å². The zero-order valence-corrected chi connectivity index (χ0v) is 15.3. The first-order valence-electron chi connectivity index (χ1n) is 9.22. The Balaban J connectivity index is 1.67. The van der Waals surface area contributed by atoms with Crippen LogP contribution in [0.4, 0.5) is 5.82 Å². The maximum atomic E-state index is 11.8. The molecular weight excluding hydrogens is 342 g/mol. The van der Waals surface area contributed by atoms with Crippen molar-refractivity contribution >= 4 is 22.8 Å². The van der Waals surface area contributed by atoms with Gasteiger partial charge in [-0.15, -0.1) is 0 Å². The van der Waals surface area contributed by atoms with Crippen molar-refractivity contribution in [3.63, 3.8) is 0 Å². The maximum absolute atomic E-state index is 11.8. The molecular formula is C20H23N5O2. The quantitative estimate of drug-likeness (QED) is 0.675. The van der Waals surface area contributed by atoms with E-state index in [4.69, 9.17) is 10.5 Å². The molecule has 0 aliphatic carbocycles. The number of benzene rings is 1. The minimum atomic E-state index is -0.162. The van der Waals surface area contributed by atoms with Crippen molar-refractivity contribution < 1.29 is 9.53 Å². The van der Waals surface area contributed by atoms with E-state index in [1.54, 1.807) is 0 Å². The van der Waals surface area contributed by atoms with E-state index >= 15 is 0 Å². The number of nitrogens with two attached hydrogens (primary N) is 1. The normalized spacial score (nSPS) is 19.4. The highest BCUT2D eigenvalue weighted by atomic mass is 16.5. The predicted octanol–water partition coefficient (Wildman–Crippen LogP) is 2.54. The number of nitrogens with zero attached hydrogens (tertiary/aromatic N) is 3. The highest BCUT2D eigenvalue weighted by Crippen LogP contribution is 2.36. The van der Waals surface area contributed by atoms with Crippen LogP contribution in [0.5, 0.6) is 0 Å². The third-order valence-electron chi connectivity index (χ3n) is 5.03. The average molecular weight is 365 g/mol. The van der Waals surface area contributed by atoms with Crippen LogP contribution in [0.25, 0.3) is 22.2 Å². The Kier molecular flexibility index (Phi) is 4.77. The second-order valence-electron chi connectivity index (χ2n) is 6.78. The van der Waals surface area contributed by atoms with E-state index < -0.39 is 0 Å². The van der Waals surface area contributed by atoms with Crippen LogP contribution in [0.1, 0.15) is 25.8 Å². The number of anilines is 1. The van der Waals surface area contributed by atoms with E-state index in [1.165, 1.54) is 6.33 Å². The van der Waals surface area contributed by atoms with Gasteiger partial charge in [0.25, 0.3) is 0 Å². The average Bonchev–Trinajstić information content (AvgIpc) is 3.28. The largest absolute Gasteiger partial charge is 0.466 e. The molecule has 27 heavy (non-hydrogen) atoms. The van der Waals surface area contributed by atoms with Gasteiger partial charge in [-0.1, -0.05) is 30.3 Å². The molecule has 1 aliphatic heterocycles. The molecule has 0 radical (unpaired) electrons. The van der Waals surface area contributed by atoms with E-state index in [2.05, 4.69) is 38.2 Å². The fraction of sp³-hybridized carbons (Fsp3) is 0.350. The van der Waals surface area contributed by atoms with Gasteiger partial charge in [-0.05, 0) is 18.9 Å². The lowest BCUT2D eigenvalue weighted by Crippen LogP contribution is -2.25. The van der Waals surface area contributed by atoms with Crippen LogP contribution in [0.3, 0.4) is 0 Å². The standard InChI is InChI=1S/C20H23N5O2/c1-2-27-17(26)9-14-8-15(10-22-14)25-11-16(13-6-4-3-5-7-13)18-19(21)23-12-24-20(18)25/h3-7,11-12,14-15,22H,2,8-10H2,1H3,(H2,21,23,24)/t14-,15+/m1/s1. The van der Waals surface area contributed by atoms with Crippen LogP contribution in [0, 0.1) is 0 Å². The number of carbonyl (C=O) groups is 1. The van der Waals surface area contributed by atoms with Crippen LogP contribution in [-0.2, 0) is 9.53 Å². The monoisotopic (exact) mass is 365 g/mol. The number of carbonyl (C=O) groups excluding carboxylic acids is 1. The molecule has 2 aromatic heterocycles. The highest BCUT2D eigenvalue weighted by molar-refractivity contribution is 6.00. The second-order valence-corrected chi connectivity index (χ2v) is 6.78. The Morgan fingerprint density at radius 1 is 1.33 bits per heavy atom. The van der Waals surface area contributed by atoms with E-state index in [1.807, 2.05) is 25.1 Å². The molecule has 3 heterocycles. The lowest BCUT2D eigenvalue weighted by atomic mass is 10.1. The molecule has 0 unspecified atom stereocenters. The molecule has 0 amide bonds. The molecule has 1 aromatic carbocycles. The Bertz CT molecular complexity index is 954. The number of hydrogen-bond acceptors (Lipinski definition) is 6. The number of fused-ring (bicyclic) bond motifs is 1. The molecule has 1 aliphatic rings. The summed E-state index contributed by atoms with van der Waals surface area (Å²) in [5.74, 6) is 0.316. The minimum Gasteiger partial charge on any atom is -0.466 e. The zero-order chi connectivity index (χ0) is 18.8. The van der Waals surface area contributed by atoms with Crippen molar-refractivity contribution in [2.45, 2.75) is 31.8 Å². The van der Waals surface area contributed by atoms with Crippen molar-refractivity contribution in [2.75, 3.05) is 18.9 Å². The summed E-state index contributed by atoms with van der Waals surface area (Å²) in [5.41, 5.74) is 9.12. The van der Waals surface area contributed by atoms with Crippen molar-refractivity contribution in [3.8, 4) is 11.1 Å². The molecule has 3 aromatic rings. The van der Waals surface area contributed by atoms with Crippen LogP contribution in [0.15, 0.2) is 42.9 Å². The Hall–Kier alpha value is -2.93. The van der Waals surface area contributed by atoms with Crippen LogP contribution >= 0.6 is 0 Å². The zero-order valence-electron chi connectivity index (χ0n) is 15.3. The minimum absolute atomic E-state index is 0.103. The summed E-state index contributed by atoms with van der Waals surface area (Å²) in [5, 5.41) is 4.30. The molecule has 1 saturated heterocycles. The van der Waals surface area contributed by atoms with Crippen molar-refractivity contribution in [3.05, 3.63) is 42.9 Å². The maximum Gasteiger partial charge on any atom is 0.307 e. The van der Waals surface area contributed by atoms with E-state index in [0.717, 1.165) is 35.1 Å². The van der Waals surface area contributed by atoms with Crippen LogP contribution < -0.4 is 11.1 Å². The number of nitrogen functional groups attached to an aromatic ring is 1.